The molecule has 0 aliphatic carbocycles. The van der Waals surface area contributed by atoms with Gasteiger partial charge >= 0.3 is 0 Å². The molecule has 0 unspecified atom stereocenters. The molecule has 1 heterocycles. The predicted molar refractivity (Wildman–Crippen MR) is 116 cm³/mol. The summed E-state index contributed by atoms with van der Waals surface area (Å²) in [5.74, 6) is -0.553. The van der Waals surface area contributed by atoms with Crippen molar-refractivity contribution in [2.45, 2.75) is 12.8 Å². The number of thiocarbonyl (C=S) groups is 1. The monoisotopic (exact) mass is 430 g/mol. The summed E-state index contributed by atoms with van der Waals surface area (Å²) >= 11 is 6.43. The number of halogens is 1. The summed E-state index contributed by atoms with van der Waals surface area (Å²) in [5.41, 5.74) is 1.71. The molecule has 8 heteroatoms. The lowest BCUT2D eigenvalue weighted by atomic mass is 10.1. The minimum Gasteiger partial charge on any atom is -0.508 e. The highest BCUT2D eigenvalue weighted by atomic mass is 32.2. The molecule has 1 aliphatic heterocycles. The molecule has 150 valence electrons. The van der Waals surface area contributed by atoms with E-state index in [4.69, 9.17) is 12.2 Å². The highest BCUT2D eigenvalue weighted by Gasteiger charge is 2.32. The van der Waals surface area contributed by atoms with E-state index in [1.165, 1.54) is 28.8 Å². The van der Waals surface area contributed by atoms with E-state index in [1.54, 1.807) is 42.5 Å². The van der Waals surface area contributed by atoms with Crippen molar-refractivity contribution < 1.29 is 19.1 Å². The second-order valence-corrected chi connectivity index (χ2v) is 8.08. The van der Waals surface area contributed by atoms with Gasteiger partial charge in [-0.3, -0.25) is 14.5 Å². The van der Waals surface area contributed by atoms with Gasteiger partial charge in [-0.05, 0) is 47.9 Å². The van der Waals surface area contributed by atoms with Gasteiger partial charge in [0.2, 0.25) is 5.91 Å². The van der Waals surface area contributed by atoms with Crippen LogP contribution in [0, 0.1) is 5.82 Å². The number of benzene rings is 2. The normalized spacial score (nSPS) is 15.2. The largest absolute Gasteiger partial charge is 0.508 e. The Morgan fingerprint density at radius 1 is 1.17 bits per heavy atom. The maximum atomic E-state index is 13.0. The van der Waals surface area contributed by atoms with Crippen LogP contribution >= 0.6 is 24.0 Å². The molecule has 1 fully saturated rings. The number of hydrogen-bond donors (Lipinski definition) is 2. The van der Waals surface area contributed by atoms with Gasteiger partial charge in [-0.2, -0.15) is 0 Å². The van der Waals surface area contributed by atoms with Gasteiger partial charge in [0.1, 0.15) is 15.9 Å². The first-order valence-corrected chi connectivity index (χ1v) is 10.2. The van der Waals surface area contributed by atoms with Crippen LogP contribution in [-0.4, -0.2) is 39.2 Å². The van der Waals surface area contributed by atoms with Crippen molar-refractivity contribution >= 4 is 46.2 Å². The van der Waals surface area contributed by atoms with Gasteiger partial charge in [-0.25, -0.2) is 4.39 Å². The number of phenolic OH excluding ortho intramolecular Hbond substituents is 1. The summed E-state index contributed by atoms with van der Waals surface area (Å²) < 4.78 is 13.4. The highest BCUT2D eigenvalue weighted by Crippen LogP contribution is 2.32. The summed E-state index contributed by atoms with van der Waals surface area (Å²) in [6.07, 6.45) is 2.45. The third-order valence-electron chi connectivity index (χ3n) is 4.28. The van der Waals surface area contributed by atoms with Crippen LogP contribution < -0.4 is 5.32 Å². The second-order valence-electron chi connectivity index (χ2n) is 6.40. The maximum Gasteiger partial charge on any atom is 0.266 e. The zero-order valence-corrected chi connectivity index (χ0v) is 17.1. The molecule has 0 radical (unpaired) electrons. The lowest BCUT2D eigenvalue weighted by Gasteiger charge is -2.14. The zero-order valence-electron chi connectivity index (χ0n) is 15.4. The number of nitrogens with zero attached hydrogens (tertiary/aromatic N) is 1. The Morgan fingerprint density at radius 2 is 1.86 bits per heavy atom. The number of phenols is 1. The molecular formula is C21H19FN2O3S2. The van der Waals surface area contributed by atoms with Crippen LogP contribution in [0.3, 0.4) is 0 Å². The van der Waals surface area contributed by atoms with Gasteiger partial charge < -0.3 is 10.4 Å². The summed E-state index contributed by atoms with van der Waals surface area (Å²) in [6.45, 7) is 0.670. The minimum absolute atomic E-state index is 0.145. The first-order valence-electron chi connectivity index (χ1n) is 8.98. The van der Waals surface area contributed by atoms with Crippen molar-refractivity contribution in [2.75, 3.05) is 13.1 Å². The SMILES string of the molecule is O=C(CCN1C(=O)/C(=C\c2ccc(F)cc2)SC1=S)NCCc1ccc(O)cc1. The lowest BCUT2D eigenvalue weighted by Crippen LogP contribution is -2.34. The van der Waals surface area contributed by atoms with Crippen molar-refractivity contribution in [3.8, 4) is 5.75 Å². The molecule has 2 aromatic carbocycles. The summed E-state index contributed by atoms with van der Waals surface area (Å²) in [6, 6.07) is 12.6. The molecule has 0 aromatic heterocycles. The van der Waals surface area contributed by atoms with Crippen LogP contribution in [0.1, 0.15) is 17.5 Å². The number of carbonyl (C=O) groups is 2. The number of carbonyl (C=O) groups excluding carboxylic acids is 2. The van der Waals surface area contributed by atoms with Crippen LogP contribution in [0.15, 0.2) is 53.4 Å². The maximum absolute atomic E-state index is 13.0. The fourth-order valence-electron chi connectivity index (χ4n) is 2.71. The standard InChI is InChI=1S/C21H19FN2O3S2/c22-16-5-1-15(2-6-16)13-18-20(27)24(21(28)29-18)12-10-19(26)23-11-9-14-3-7-17(25)8-4-14/h1-8,13,25H,9-12H2,(H,23,26)/b18-13+. The number of aromatic hydroxyl groups is 1. The molecule has 0 saturated carbocycles. The van der Waals surface area contributed by atoms with E-state index in [9.17, 15) is 19.1 Å². The van der Waals surface area contributed by atoms with Crippen molar-refractivity contribution in [3.63, 3.8) is 0 Å². The van der Waals surface area contributed by atoms with Crippen molar-refractivity contribution in [3.05, 3.63) is 70.4 Å². The number of rotatable bonds is 7. The number of amides is 2. The van der Waals surface area contributed by atoms with Gasteiger partial charge in [0.05, 0.1) is 4.91 Å². The zero-order chi connectivity index (χ0) is 20.8. The van der Waals surface area contributed by atoms with Gasteiger partial charge in [-0.1, -0.05) is 48.2 Å². The Bertz CT molecular complexity index is 943. The molecule has 2 amide bonds. The Labute approximate surface area is 177 Å². The molecule has 1 aliphatic rings. The molecule has 0 spiro atoms. The number of nitrogens with one attached hydrogen (secondary N) is 1. The van der Waals surface area contributed by atoms with E-state index in [2.05, 4.69) is 5.32 Å². The number of thioether (sulfide) groups is 1. The van der Waals surface area contributed by atoms with E-state index in [0.717, 1.165) is 5.56 Å². The van der Waals surface area contributed by atoms with E-state index in [1.807, 2.05) is 0 Å². The topological polar surface area (TPSA) is 69.6 Å². The molecule has 29 heavy (non-hydrogen) atoms. The van der Waals surface area contributed by atoms with E-state index in [0.29, 0.717) is 27.8 Å². The van der Waals surface area contributed by atoms with Gasteiger partial charge in [-0.15, -0.1) is 0 Å². The van der Waals surface area contributed by atoms with E-state index in [-0.39, 0.29) is 36.3 Å². The van der Waals surface area contributed by atoms with E-state index >= 15 is 0 Å². The van der Waals surface area contributed by atoms with Crippen molar-refractivity contribution in [1.82, 2.24) is 10.2 Å². The number of hydrogen-bond acceptors (Lipinski definition) is 5. The van der Waals surface area contributed by atoms with Crippen LogP contribution in [0.25, 0.3) is 6.08 Å². The average Bonchev–Trinajstić information content (AvgIpc) is 2.96. The Hall–Kier alpha value is -2.71. The molecule has 0 bridgehead atoms. The van der Waals surface area contributed by atoms with Crippen molar-refractivity contribution in [1.29, 1.82) is 0 Å². The third-order valence-corrected chi connectivity index (χ3v) is 5.65. The Balaban J connectivity index is 1.47. The third kappa shape index (κ3) is 5.88. The van der Waals surface area contributed by atoms with Crippen LogP contribution in [0.4, 0.5) is 4.39 Å². The van der Waals surface area contributed by atoms with E-state index < -0.39 is 0 Å². The molecule has 2 aromatic rings. The first kappa shape index (κ1) is 21.0. The summed E-state index contributed by atoms with van der Waals surface area (Å²) in [4.78, 5) is 26.5. The quantitative estimate of drug-likeness (QED) is 0.520. The minimum atomic E-state index is -0.342. The Kier molecular flexibility index (Phi) is 7.00. The predicted octanol–water partition coefficient (Wildman–Crippen LogP) is 3.48. The molecule has 2 N–H and O–H groups in total. The average molecular weight is 431 g/mol. The molecule has 3 rings (SSSR count). The second kappa shape index (κ2) is 9.67. The summed E-state index contributed by atoms with van der Waals surface area (Å²) in [7, 11) is 0. The van der Waals surface area contributed by atoms with Gasteiger partial charge in [0, 0.05) is 19.5 Å². The van der Waals surface area contributed by atoms with Crippen LogP contribution in [-0.2, 0) is 16.0 Å². The summed E-state index contributed by atoms with van der Waals surface area (Å²) in [5, 5.41) is 12.1. The fourth-order valence-corrected chi connectivity index (χ4v) is 4.02. The fraction of sp³-hybridized carbons (Fsp3) is 0.190. The Morgan fingerprint density at radius 3 is 2.55 bits per heavy atom. The molecule has 0 atom stereocenters. The van der Waals surface area contributed by atoms with Crippen LogP contribution in [0.5, 0.6) is 5.75 Å². The smallest absolute Gasteiger partial charge is 0.266 e. The molecule has 1 saturated heterocycles. The lowest BCUT2D eigenvalue weighted by molar-refractivity contribution is -0.123. The van der Waals surface area contributed by atoms with Gasteiger partial charge in [0.25, 0.3) is 5.91 Å². The molecular weight excluding hydrogens is 411 g/mol. The highest BCUT2D eigenvalue weighted by molar-refractivity contribution is 8.26. The van der Waals surface area contributed by atoms with Crippen LogP contribution in [0.2, 0.25) is 0 Å². The molecule has 5 nitrogen and oxygen atoms in total. The van der Waals surface area contributed by atoms with Crippen molar-refractivity contribution in [2.24, 2.45) is 0 Å². The van der Waals surface area contributed by atoms with Gasteiger partial charge in [0.15, 0.2) is 0 Å². The first-order chi connectivity index (χ1) is 13.9.